The van der Waals surface area contributed by atoms with Gasteiger partial charge in [-0.3, -0.25) is 28.3 Å². The van der Waals surface area contributed by atoms with Gasteiger partial charge in [0.2, 0.25) is 0 Å². The second-order valence-corrected chi connectivity index (χ2v) is 15.4. The maximum atomic E-state index is 13.5. The van der Waals surface area contributed by atoms with Crippen LogP contribution in [0.2, 0.25) is 0 Å². The molecule has 0 saturated heterocycles. The third-order valence-corrected chi connectivity index (χ3v) is 10.0. The molecular weight excluding hydrogens is 829 g/mol. The highest BCUT2D eigenvalue weighted by atomic mass is 32.2. The quantitative estimate of drug-likeness (QED) is 0.0195. The van der Waals surface area contributed by atoms with E-state index in [9.17, 15) is 45.1 Å². The van der Waals surface area contributed by atoms with Crippen LogP contribution in [0.15, 0.2) is 92.4 Å². The fraction of sp³-hybridized carbons (Fsp3) is 0.0625. The van der Waals surface area contributed by atoms with Crippen molar-refractivity contribution in [2.24, 2.45) is 0 Å². The first kappa shape index (κ1) is 41.9. The van der Waals surface area contributed by atoms with Crippen LogP contribution < -0.4 is 20.1 Å². The molecule has 0 aliphatic heterocycles. The van der Waals surface area contributed by atoms with Crippen LogP contribution in [0.3, 0.4) is 0 Å². The maximum Gasteiger partial charge on any atom is 0.308 e. The van der Waals surface area contributed by atoms with Crippen LogP contribution in [0.1, 0.15) is 34.6 Å². The third kappa shape index (κ3) is 10.1. The summed E-state index contributed by atoms with van der Waals surface area (Å²) < 4.78 is 86.9. The number of rotatable bonds is 14. The van der Waals surface area contributed by atoms with E-state index >= 15 is 0 Å². The van der Waals surface area contributed by atoms with Gasteiger partial charge in [0.25, 0.3) is 32.1 Å². The van der Waals surface area contributed by atoms with Gasteiger partial charge < -0.3 is 20.1 Å². The lowest BCUT2D eigenvalue weighted by molar-refractivity contribution is -0.432. The van der Waals surface area contributed by atoms with Gasteiger partial charge in [0, 0.05) is 51.6 Å². The molecule has 0 heterocycles. The number of esters is 2. The lowest BCUT2D eigenvalue weighted by atomic mass is 10.1. The van der Waals surface area contributed by atoms with Gasteiger partial charge >= 0.3 is 11.9 Å². The van der Waals surface area contributed by atoms with Crippen molar-refractivity contribution in [1.82, 2.24) is 0 Å². The van der Waals surface area contributed by atoms with Gasteiger partial charge in [-0.1, -0.05) is 10.1 Å². The van der Waals surface area contributed by atoms with E-state index in [0.717, 1.165) is 38.1 Å². The van der Waals surface area contributed by atoms with Gasteiger partial charge in [0.15, 0.2) is 0 Å². The molecule has 5 aromatic rings. The maximum absolute atomic E-state index is 13.5. The van der Waals surface area contributed by atoms with Gasteiger partial charge in [-0.25, -0.2) is 10.5 Å². The molecule has 24 heteroatoms. The molecular formula is C32H24N2O18S4. The van der Waals surface area contributed by atoms with E-state index in [4.69, 9.17) is 20.0 Å². The van der Waals surface area contributed by atoms with Crippen molar-refractivity contribution in [1.29, 1.82) is 0 Å². The Balaban J connectivity index is 1.50. The standard InChI is InChI=1S/C32H24N2O18S4/c1-15(35)47-27-12-22(54-52-50-40)8-19-7-21(53-51-49-39)11-25(29(19)27)33-31(37)17-3-5-18(6-4-17)32(38)34-26-13-23(55(41,42)43)9-20-10-24(56(44,45)46)14-28(30(20)26)48-16(2)36/h3-14,39-40H,1-2H3,(H,33,37)(H,34,38)(H,41,42,43)(H,44,45,46). The summed E-state index contributed by atoms with van der Waals surface area (Å²) in [6.45, 7) is 2.12. The number of amides is 2. The fourth-order valence-corrected chi connectivity index (χ4v) is 7.14. The number of carbonyl (C=O) groups is 4. The second kappa shape index (κ2) is 17.3. The van der Waals surface area contributed by atoms with Crippen molar-refractivity contribution >= 4 is 101 Å². The minimum absolute atomic E-state index is 0.00823. The number of nitrogens with one attached hydrogen (secondary N) is 2. The van der Waals surface area contributed by atoms with Crippen molar-refractivity contribution in [3.05, 3.63) is 83.9 Å². The Hall–Kier alpha value is -5.22. The van der Waals surface area contributed by atoms with Crippen molar-refractivity contribution in [3.63, 3.8) is 0 Å². The average Bonchev–Trinajstić information content (AvgIpc) is 3.11. The lowest BCUT2D eigenvalue weighted by Gasteiger charge is -2.16. The van der Waals surface area contributed by atoms with Crippen molar-refractivity contribution in [2.75, 3.05) is 10.6 Å². The van der Waals surface area contributed by atoms with Crippen LogP contribution in [0.25, 0.3) is 21.5 Å². The molecule has 0 saturated carbocycles. The van der Waals surface area contributed by atoms with Gasteiger partial charge in [-0.05, 0) is 77.5 Å². The van der Waals surface area contributed by atoms with Gasteiger partial charge in [-0.15, -0.1) is 8.67 Å². The smallest absolute Gasteiger partial charge is 0.308 e. The predicted octanol–water partition coefficient (Wildman–Crippen LogP) is 5.70. The molecule has 0 radical (unpaired) electrons. The zero-order valence-electron chi connectivity index (χ0n) is 28.1. The number of carbonyl (C=O) groups excluding carboxylic acids is 4. The molecule has 5 rings (SSSR count). The first-order valence-corrected chi connectivity index (χ1v) is 19.3. The fourth-order valence-electron chi connectivity index (χ4n) is 5.18. The molecule has 56 heavy (non-hydrogen) atoms. The third-order valence-electron chi connectivity index (χ3n) is 7.25. The number of ether oxygens (including phenoxy) is 2. The van der Waals surface area contributed by atoms with E-state index < -0.39 is 59.5 Å². The Kier molecular flexibility index (Phi) is 12.9. The molecule has 0 unspecified atom stereocenters. The van der Waals surface area contributed by atoms with Crippen LogP contribution in [0, 0.1) is 0 Å². The summed E-state index contributed by atoms with van der Waals surface area (Å²) in [6.07, 6.45) is 0. The topological polar surface area (TPSA) is 297 Å². The van der Waals surface area contributed by atoms with Crippen LogP contribution in [-0.2, 0) is 48.6 Å². The number of fused-ring (bicyclic) bond motifs is 2. The van der Waals surface area contributed by atoms with E-state index in [-0.39, 0.29) is 54.2 Å². The summed E-state index contributed by atoms with van der Waals surface area (Å²) in [6, 6.07) is 14.0. The Labute approximate surface area is 323 Å². The molecule has 6 N–H and O–H groups in total. The number of hydrogen-bond donors (Lipinski definition) is 6. The molecule has 0 bridgehead atoms. The summed E-state index contributed by atoms with van der Waals surface area (Å²) in [7, 11) is -9.89. The van der Waals surface area contributed by atoms with Crippen LogP contribution >= 0.6 is 24.1 Å². The van der Waals surface area contributed by atoms with E-state index in [1.807, 2.05) is 0 Å². The van der Waals surface area contributed by atoms with Crippen molar-refractivity contribution < 1.29 is 83.9 Å². The molecule has 5 aromatic carbocycles. The minimum atomic E-state index is -4.96. The molecule has 0 aliphatic carbocycles. The van der Waals surface area contributed by atoms with Gasteiger partial charge in [-0.2, -0.15) is 16.8 Å². The minimum Gasteiger partial charge on any atom is -0.426 e. The molecule has 2 amide bonds. The van der Waals surface area contributed by atoms with Crippen molar-refractivity contribution in [2.45, 2.75) is 33.4 Å². The Morgan fingerprint density at radius 2 is 0.964 bits per heavy atom. The summed E-state index contributed by atoms with van der Waals surface area (Å²) in [5, 5.41) is 29.7. The molecule has 294 valence electrons. The Bertz CT molecular complexity index is 2610. The molecule has 0 atom stereocenters. The zero-order valence-corrected chi connectivity index (χ0v) is 31.3. The van der Waals surface area contributed by atoms with E-state index in [1.54, 1.807) is 0 Å². The van der Waals surface area contributed by atoms with Gasteiger partial charge in [0.05, 0.1) is 45.3 Å². The molecule has 0 aliphatic rings. The highest BCUT2D eigenvalue weighted by molar-refractivity contribution is 7.94. The monoisotopic (exact) mass is 852 g/mol. The first-order valence-electron chi connectivity index (χ1n) is 15.0. The van der Waals surface area contributed by atoms with E-state index in [1.165, 1.54) is 48.5 Å². The van der Waals surface area contributed by atoms with Crippen LogP contribution in [0.5, 0.6) is 11.5 Å². The molecule has 0 fully saturated rings. The Morgan fingerprint density at radius 1 is 0.571 bits per heavy atom. The lowest BCUT2D eigenvalue weighted by Crippen LogP contribution is -2.15. The number of hydrogen-bond acceptors (Lipinski definition) is 18. The SMILES string of the molecule is CC(=O)Oc1cc(SOOO)cc2cc(SOOO)cc(NC(=O)c3ccc(C(=O)Nc4cc(S(=O)(=O)O)cc5cc(S(=O)(=O)O)cc(OC(C)=O)c45)cc3)c12. The van der Waals surface area contributed by atoms with E-state index in [0.29, 0.717) is 29.5 Å². The summed E-state index contributed by atoms with van der Waals surface area (Å²) in [5.74, 6) is -3.85. The van der Waals surface area contributed by atoms with Crippen molar-refractivity contribution in [3.8, 4) is 11.5 Å². The Morgan fingerprint density at radius 3 is 1.39 bits per heavy atom. The van der Waals surface area contributed by atoms with Crippen LogP contribution in [-0.4, -0.2) is 60.2 Å². The number of anilines is 2. The normalized spacial score (nSPS) is 11.7. The highest BCUT2D eigenvalue weighted by Gasteiger charge is 2.23. The largest absolute Gasteiger partial charge is 0.426 e. The van der Waals surface area contributed by atoms with Crippen LogP contribution in [0.4, 0.5) is 11.4 Å². The first-order chi connectivity index (χ1) is 26.4. The zero-order chi connectivity index (χ0) is 40.9. The summed E-state index contributed by atoms with van der Waals surface area (Å²) in [4.78, 5) is 49.8. The molecule has 20 nitrogen and oxygen atoms in total. The summed E-state index contributed by atoms with van der Waals surface area (Å²) in [5.41, 5.74) is -0.402. The average molecular weight is 853 g/mol. The second-order valence-electron chi connectivity index (χ2n) is 11.1. The summed E-state index contributed by atoms with van der Waals surface area (Å²) >= 11 is 1.09. The predicted molar refractivity (Wildman–Crippen MR) is 194 cm³/mol. The molecule has 0 spiro atoms. The highest BCUT2D eigenvalue weighted by Crippen LogP contribution is 2.41. The van der Waals surface area contributed by atoms with E-state index in [2.05, 4.69) is 29.4 Å². The number of benzene rings is 5. The molecule has 0 aromatic heterocycles. The van der Waals surface area contributed by atoms with Gasteiger partial charge in [0.1, 0.15) is 11.5 Å².